The second kappa shape index (κ2) is 3.38. The highest BCUT2D eigenvalue weighted by atomic mass is 16.3. The monoisotopic (exact) mass is 144 g/mol. The molecule has 0 aliphatic rings. The third-order valence-electron chi connectivity index (χ3n) is 2.07. The van der Waals surface area contributed by atoms with E-state index >= 15 is 0 Å². The van der Waals surface area contributed by atoms with Crippen LogP contribution in [0.15, 0.2) is 0 Å². The Labute approximate surface area is 64.5 Å². The van der Waals surface area contributed by atoms with Crippen molar-refractivity contribution in [2.75, 3.05) is 0 Å². The Hall–Kier alpha value is -0.0400. The van der Waals surface area contributed by atoms with Crippen LogP contribution in [0, 0.1) is 11.8 Å². The molecule has 1 atom stereocenters. The molecule has 0 bridgehead atoms. The summed E-state index contributed by atoms with van der Waals surface area (Å²) < 4.78 is 0. The summed E-state index contributed by atoms with van der Waals surface area (Å²) in [6, 6.07) is 0. The summed E-state index contributed by atoms with van der Waals surface area (Å²) in [5.41, 5.74) is -0.478. The van der Waals surface area contributed by atoms with Crippen LogP contribution >= 0.6 is 0 Å². The van der Waals surface area contributed by atoms with Crippen molar-refractivity contribution >= 4 is 0 Å². The van der Waals surface area contributed by atoms with Gasteiger partial charge in [-0.15, -0.1) is 0 Å². The third kappa shape index (κ3) is 3.21. The lowest BCUT2D eigenvalue weighted by Gasteiger charge is -2.29. The Kier molecular flexibility index (Phi) is 3.37. The Balaban J connectivity index is 3.87. The van der Waals surface area contributed by atoms with Gasteiger partial charge in [-0.05, 0) is 25.2 Å². The average Bonchev–Trinajstić information content (AvgIpc) is 1.60. The molecule has 0 aromatic heterocycles. The molecule has 0 saturated heterocycles. The summed E-state index contributed by atoms with van der Waals surface area (Å²) in [5, 5.41) is 9.76. The molecule has 0 aromatic rings. The van der Waals surface area contributed by atoms with Crippen LogP contribution in [0.5, 0.6) is 0 Å². The molecule has 0 saturated carbocycles. The van der Waals surface area contributed by atoms with Crippen LogP contribution in [-0.4, -0.2) is 10.7 Å². The molecule has 0 aliphatic carbocycles. The summed E-state index contributed by atoms with van der Waals surface area (Å²) in [6.45, 7) is 10.3. The maximum absolute atomic E-state index is 9.76. The maximum atomic E-state index is 9.76. The molecule has 0 heterocycles. The van der Waals surface area contributed by atoms with Crippen molar-refractivity contribution in [1.82, 2.24) is 0 Å². The minimum Gasteiger partial charge on any atom is -0.390 e. The summed E-state index contributed by atoms with van der Waals surface area (Å²) in [5.74, 6) is 0.937. The minimum absolute atomic E-state index is 0.356. The van der Waals surface area contributed by atoms with Crippen LogP contribution in [0.4, 0.5) is 0 Å². The maximum Gasteiger partial charge on any atom is 0.0645 e. The van der Waals surface area contributed by atoms with Crippen LogP contribution in [0.25, 0.3) is 0 Å². The van der Waals surface area contributed by atoms with Gasteiger partial charge in [-0.25, -0.2) is 0 Å². The fourth-order valence-electron chi connectivity index (χ4n) is 1.06. The predicted molar refractivity (Wildman–Crippen MR) is 44.9 cm³/mol. The van der Waals surface area contributed by atoms with Crippen molar-refractivity contribution in [2.45, 2.75) is 46.6 Å². The Morgan fingerprint density at radius 3 is 1.70 bits per heavy atom. The van der Waals surface area contributed by atoms with Crippen molar-refractivity contribution in [3.8, 4) is 0 Å². The van der Waals surface area contributed by atoms with Crippen molar-refractivity contribution in [3.63, 3.8) is 0 Å². The zero-order valence-electron chi connectivity index (χ0n) is 7.81. The molecule has 62 valence electrons. The fraction of sp³-hybridized carbons (Fsp3) is 1.00. The van der Waals surface area contributed by atoms with Crippen LogP contribution in [0.3, 0.4) is 0 Å². The van der Waals surface area contributed by atoms with E-state index in [9.17, 15) is 5.11 Å². The molecule has 0 spiro atoms. The van der Waals surface area contributed by atoms with Gasteiger partial charge >= 0.3 is 0 Å². The average molecular weight is 144 g/mol. The SMILES string of the molecule is CC(C)C[C@](C)(O)C(C)C. The zero-order chi connectivity index (χ0) is 8.36. The lowest BCUT2D eigenvalue weighted by atomic mass is 9.85. The van der Waals surface area contributed by atoms with Crippen LogP contribution < -0.4 is 0 Å². The van der Waals surface area contributed by atoms with Gasteiger partial charge in [0.15, 0.2) is 0 Å². The molecule has 0 amide bonds. The van der Waals surface area contributed by atoms with Gasteiger partial charge in [0.1, 0.15) is 0 Å². The molecule has 0 aliphatic heterocycles. The van der Waals surface area contributed by atoms with E-state index < -0.39 is 5.60 Å². The highest BCUT2D eigenvalue weighted by Gasteiger charge is 2.25. The first-order valence-electron chi connectivity index (χ1n) is 4.08. The lowest BCUT2D eigenvalue weighted by Crippen LogP contribution is -2.32. The van der Waals surface area contributed by atoms with Crippen molar-refractivity contribution in [3.05, 3.63) is 0 Å². The lowest BCUT2D eigenvalue weighted by molar-refractivity contribution is -0.00532. The number of hydrogen-bond donors (Lipinski definition) is 1. The van der Waals surface area contributed by atoms with E-state index in [4.69, 9.17) is 0 Å². The first-order valence-corrected chi connectivity index (χ1v) is 4.08. The van der Waals surface area contributed by atoms with E-state index in [2.05, 4.69) is 27.7 Å². The standard InChI is InChI=1S/C9H20O/c1-7(2)6-9(5,10)8(3)4/h7-8,10H,6H2,1-5H3/t9-/m0/s1. The van der Waals surface area contributed by atoms with E-state index in [1.165, 1.54) is 0 Å². The van der Waals surface area contributed by atoms with Gasteiger partial charge < -0.3 is 5.11 Å². The van der Waals surface area contributed by atoms with Gasteiger partial charge in [0.25, 0.3) is 0 Å². The number of aliphatic hydroxyl groups is 1. The van der Waals surface area contributed by atoms with Crippen LogP contribution in [-0.2, 0) is 0 Å². The molecule has 0 fully saturated rings. The van der Waals surface area contributed by atoms with Gasteiger partial charge in [0.2, 0.25) is 0 Å². The second-order valence-corrected chi connectivity index (χ2v) is 4.11. The smallest absolute Gasteiger partial charge is 0.0645 e. The molecule has 1 heteroatoms. The van der Waals surface area contributed by atoms with Crippen molar-refractivity contribution in [2.24, 2.45) is 11.8 Å². The van der Waals surface area contributed by atoms with E-state index in [0.717, 1.165) is 6.42 Å². The van der Waals surface area contributed by atoms with E-state index in [1.807, 2.05) is 6.92 Å². The molecule has 1 N–H and O–H groups in total. The molecule has 0 rings (SSSR count). The summed E-state index contributed by atoms with van der Waals surface area (Å²) in [6.07, 6.45) is 0.894. The minimum atomic E-state index is -0.478. The molecule has 0 aromatic carbocycles. The largest absolute Gasteiger partial charge is 0.390 e. The van der Waals surface area contributed by atoms with Crippen molar-refractivity contribution in [1.29, 1.82) is 0 Å². The normalized spacial score (nSPS) is 18.0. The number of rotatable bonds is 3. The summed E-state index contributed by atoms with van der Waals surface area (Å²) in [4.78, 5) is 0. The quantitative estimate of drug-likeness (QED) is 0.645. The van der Waals surface area contributed by atoms with Gasteiger partial charge in [-0.2, -0.15) is 0 Å². The van der Waals surface area contributed by atoms with Gasteiger partial charge in [-0.1, -0.05) is 27.7 Å². The third-order valence-corrected chi connectivity index (χ3v) is 2.07. The highest BCUT2D eigenvalue weighted by Crippen LogP contribution is 2.23. The van der Waals surface area contributed by atoms with E-state index in [0.29, 0.717) is 11.8 Å². The molecule has 0 radical (unpaired) electrons. The predicted octanol–water partition coefficient (Wildman–Crippen LogP) is 2.44. The van der Waals surface area contributed by atoms with Crippen molar-refractivity contribution < 1.29 is 5.11 Å². The summed E-state index contributed by atoms with van der Waals surface area (Å²) in [7, 11) is 0. The Morgan fingerprint density at radius 2 is 1.60 bits per heavy atom. The topological polar surface area (TPSA) is 20.2 Å². The Morgan fingerprint density at radius 1 is 1.20 bits per heavy atom. The van der Waals surface area contributed by atoms with E-state index in [-0.39, 0.29) is 0 Å². The van der Waals surface area contributed by atoms with Crippen LogP contribution in [0.2, 0.25) is 0 Å². The number of hydrogen-bond acceptors (Lipinski definition) is 1. The Bertz CT molecular complexity index is 92.9. The summed E-state index contributed by atoms with van der Waals surface area (Å²) >= 11 is 0. The fourth-order valence-corrected chi connectivity index (χ4v) is 1.06. The van der Waals surface area contributed by atoms with Gasteiger partial charge in [0, 0.05) is 0 Å². The first-order chi connectivity index (χ1) is 4.36. The molecule has 0 unspecified atom stereocenters. The second-order valence-electron chi connectivity index (χ2n) is 4.11. The molecular formula is C9H20O. The van der Waals surface area contributed by atoms with Gasteiger partial charge in [0.05, 0.1) is 5.60 Å². The first kappa shape index (κ1) is 9.96. The van der Waals surface area contributed by atoms with Crippen LogP contribution in [0.1, 0.15) is 41.0 Å². The molecule has 10 heavy (non-hydrogen) atoms. The van der Waals surface area contributed by atoms with E-state index in [1.54, 1.807) is 0 Å². The zero-order valence-corrected chi connectivity index (χ0v) is 7.81. The van der Waals surface area contributed by atoms with Gasteiger partial charge in [-0.3, -0.25) is 0 Å². The molecule has 1 nitrogen and oxygen atoms in total. The molecular weight excluding hydrogens is 124 g/mol. The highest BCUT2D eigenvalue weighted by molar-refractivity contribution is 4.77.